The van der Waals surface area contributed by atoms with Crippen molar-refractivity contribution in [2.75, 3.05) is 31.3 Å². The Morgan fingerprint density at radius 2 is 1.70 bits per heavy atom. The zero-order valence-electron chi connectivity index (χ0n) is 15.8. The lowest BCUT2D eigenvalue weighted by atomic mass is 10.1. The molecule has 0 unspecified atom stereocenters. The average molecular weight is 392 g/mol. The second-order valence-electron chi connectivity index (χ2n) is 6.01. The van der Waals surface area contributed by atoms with Gasteiger partial charge in [-0.15, -0.1) is 0 Å². The van der Waals surface area contributed by atoms with E-state index in [1.807, 2.05) is 13.0 Å². The molecule has 0 aliphatic rings. The summed E-state index contributed by atoms with van der Waals surface area (Å²) in [7, 11) is -0.513. The number of carbonyl (C=O) groups excluding carboxylic acids is 1. The van der Waals surface area contributed by atoms with E-state index in [9.17, 15) is 13.2 Å². The van der Waals surface area contributed by atoms with Crippen LogP contribution in [0.3, 0.4) is 0 Å². The van der Waals surface area contributed by atoms with Crippen LogP contribution >= 0.6 is 0 Å². The molecule has 146 valence electrons. The first-order valence-corrected chi connectivity index (χ1v) is 10.1. The molecule has 27 heavy (non-hydrogen) atoms. The maximum Gasteiger partial charge on any atom is 0.241 e. The molecule has 0 fully saturated rings. The number of benzene rings is 2. The summed E-state index contributed by atoms with van der Waals surface area (Å²) in [6, 6.07) is 13.5. The van der Waals surface area contributed by atoms with Crippen molar-refractivity contribution in [2.45, 2.75) is 13.0 Å². The summed E-state index contributed by atoms with van der Waals surface area (Å²) in [6.45, 7) is 1.51. The lowest BCUT2D eigenvalue weighted by Crippen LogP contribution is -2.41. The van der Waals surface area contributed by atoms with Crippen molar-refractivity contribution < 1.29 is 22.7 Å². The minimum Gasteiger partial charge on any atom is -0.493 e. The fourth-order valence-corrected chi connectivity index (χ4v) is 3.47. The molecule has 0 aliphatic heterocycles. The Balaban J connectivity index is 2.13. The van der Waals surface area contributed by atoms with Gasteiger partial charge < -0.3 is 14.8 Å². The van der Waals surface area contributed by atoms with Crippen LogP contribution in [0.5, 0.6) is 11.5 Å². The summed E-state index contributed by atoms with van der Waals surface area (Å²) in [4.78, 5) is 12.5. The third kappa shape index (κ3) is 5.37. The fourth-order valence-electron chi connectivity index (χ4n) is 2.62. The zero-order valence-corrected chi connectivity index (χ0v) is 16.6. The predicted octanol–water partition coefficient (Wildman–Crippen LogP) is 2.35. The van der Waals surface area contributed by atoms with Gasteiger partial charge >= 0.3 is 0 Å². The van der Waals surface area contributed by atoms with Crippen molar-refractivity contribution in [3.05, 3.63) is 54.1 Å². The molecule has 0 bridgehead atoms. The highest BCUT2D eigenvalue weighted by Crippen LogP contribution is 2.29. The van der Waals surface area contributed by atoms with Crippen molar-refractivity contribution >= 4 is 21.6 Å². The number of nitrogens with one attached hydrogen (secondary N) is 1. The lowest BCUT2D eigenvalue weighted by molar-refractivity contribution is -0.120. The third-order valence-electron chi connectivity index (χ3n) is 4.02. The Hall–Kier alpha value is -2.74. The quantitative estimate of drug-likeness (QED) is 0.745. The average Bonchev–Trinajstić information content (AvgIpc) is 2.65. The molecule has 2 rings (SSSR count). The summed E-state index contributed by atoms with van der Waals surface area (Å²) < 4.78 is 35.7. The van der Waals surface area contributed by atoms with Crippen LogP contribution in [0.25, 0.3) is 0 Å². The minimum absolute atomic E-state index is 0.305. The molecule has 1 atom stereocenters. The van der Waals surface area contributed by atoms with Crippen molar-refractivity contribution in [1.82, 2.24) is 5.32 Å². The maximum atomic E-state index is 12.5. The molecule has 0 heterocycles. The number of carbonyl (C=O) groups is 1. The molecule has 0 aliphatic carbocycles. The van der Waals surface area contributed by atoms with E-state index in [0.29, 0.717) is 17.2 Å². The van der Waals surface area contributed by atoms with E-state index in [4.69, 9.17) is 9.47 Å². The Kier molecular flexibility index (Phi) is 6.68. The second-order valence-corrected chi connectivity index (χ2v) is 7.92. The first kappa shape index (κ1) is 20.6. The highest BCUT2D eigenvalue weighted by atomic mass is 32.2. The summed E-state index contributed by atoms with van der Waals surface area (Å²) in [6.07, 6.45) is 1.07. The Labute approximate surface area is 160 Å². The highest BCUT2D eigenvalue weighted by Gasteiger charge is 2.22. The topological polar surface area (TPSA) is 84.9 Å². The Morgan fingerprint density at radius 3 is 2.26 bits per heavy atom. The summed E-state index contributed by atoms with van der Waals surface area (Å²) in [5, 5.41) is 2.82. The van der Waals surface area contributed by atoms with E-state index in [1.165, 1.54) is 7.11 Å². The first-order chi connectivity index (χ1) is 12.8. The number of hydrogen-bond donors (Lipinski definition) is 1. The molecule has 0 spiro atoms. The number of para-hydroxylation sites is 1. The first-order valence-electron chi connectivity index (χ1n) is 8.30. The van der Waals surface area contributed by atoms with Crippen LogP contribution < -0.4 is 19.1 Å². The molecule has 1 N–H and O–H groups in total. The van der Waals surface area contributed by atoms with Crippen LogP contribution in [0, 0.1) is 0 Å². The van der Waals surface area contributed by atoms with Gasteiger partial charge in [-0.05, 0) is 36.8 Å². The number of hydrogen-bond acceptors (Lipinski definition) is 5. The highest BCUT2D eigenvalue weighted by molar-refractivity contribution is 7.92. The maximum absolute atomic E-state index is 12.5. The predicted molar refractivity (Wildman–Crippen MR) is 105 cm³/mol. The van der Waals surface area contributed by atoms with Crippen LogP contribution in [-0.2, 0) is 14.8 Å². The van der Waals surface area contributed by atoms with Crippen LogP contribution in [0.15, 0.2) is 48.5 Å². The van der Waals surface area contributed by atoms with E-state index in [-0.39, 0.29) is 12.6 Å². The Morgan fingerprint density at radius 1 is 1.07 bits per heavy atom. The number of ether oxygens (including phenoxy) is 2. The molecule has 0 radical (unpaired) electrons. The van der Waals surface area contributed by atoms with Gasteiger partial charge in [-0.25, -0.2) is 8.42 Å². The smallest absolute Gasteiger partial charge is 0.241 e. The van der Waals surface area contributed by atoms with Gasteiger partial charge in [-0.1, -0.05) is 24.3 Å². The van der Waals surface area contributed by atoms with E-state index in [1.54, 1.807) is 49.6 Å². The van der Waals surface area contributed by atoms with Gasteiger partial charge in [0.05, 0.1) is 32.2 Å². The zero-order chi connectivity index (χ0) is 20.0. The SMILES string of the molecule is COc1ccc([C@@H](C)NC(=O)CN(c2ccccc2)S(C)(=O)=O)cc1OC. The lowest BCUT2D eigenvalue weighted by Gasteiger charge is -2.23. The van der Waals surface area contributed by atoms with Crippen molar-refractivity contribution in [3.63, 3.8) is 0 Å². The number of anilines is 1. The summed E-state index contributed by atoms with van der Waals surface area (Å²) in [5.74, 6) is 0.733. The molecule has 2 aromatic carbocycles. The van der Waals surface area contributed by atoms with Gasteiger partial charge in [0.2, 0.25) is 15.9 Å². The molecular weight excluding hydrogens is 368 g/mol. The fraction of sp³-hybridized carbons (Fsp3) is 0.316. The van der Waals surface area contributed by atoms with Gasteiger partial charge in [-0.2, -0.15) is 0 Å². The molecular formula is C19H24N2O5S. The van der Waals surface area contributed by atoms with Crippen molar-refractivity contribution in [1.29, 1.82) is 0 Å². The Bertz CT molecular complexity index is 884. The van der Waals surface area contributed by atoms with Gasteiger partial charge in [0.1, 0.15) is 6.54 Å². The molecule has 0 saturated carbocycles. The van der Waals surface area contributed by atoms with E-state index in [0.717, 1.165) is 16.1 Å². The van der Waals surface area contributed by atoms with E-state index in [2.05, 4.69) is 5.32 Å². The van der Waals surface area contributed by atoms with Crippen LogP contribution in [0.2, 0.25) is 0 Å². The number of rotatable bonds is 8. The molecule has 1 amide bonds. The largest absolute Gasteiger partial charge is 0.493 e. The van der Waals surface area contributed by atoms with Gasteiger partial charge in [-0.3, -0.25) is 9.10 Å². The number of sulfonamides is 1. The molecule has 0 saturated heterocycles. The summed E-state index contributed by atoms with van der Waals surface area (Å²) >= 11 is 0. The van der Waals surface area contributed by atoms with Gasteiger partial charge in [0, 0.05) is 0 Å². The van der Waals surface area contributed by atoms with Gasteiger partial charge in [0.15, 0.2) is 11.5 Å². The van der Waals surface area contributed by atoms with E-state index >= 15 is 0 Å². The van der Waals surface area contributed by atoms with Crippen molar-refractivity contribution in [2.24, 2.45) is 0 Å². The third-order valence-corrected chi connectivity index (χ3v) is 5.16. The minimum atomic E-state index is -3.60. The molecule has 2 aromatic rings. The van der Waals surface area contributed by atoms with E-state index < -0.39 is 15.9 Å². The second kappa shape index (κ2) is 8.77. The number of methoxy groups -OCH3 is 2. The van der Waals surface area contributed by atoms with Crippen LogP contribution in [0.4, 0.5) is 5.69 Å². The standard InChI is InChI=1S/C19H24N2O5S/c1-14(15-10-11-17(25-2)18(12-15)26-3)20-19(22)13-21(27(4,23)24)16-8-6-5-7-9-16/h5-12,14H,13H2,1-4H3,(H,20,22)/t14-/m1/s1. The molecule has 8 heteroatoms. The summed E-state index contributed by atoms with van der Waals surface area (Å²) in [5.41, 5.74) is 1.25. The van der Waals surface area contributed by atoms with Crippen LogP contribution in [-0.4, -0.2) is 41.3 Å². The monoisotopic (exact) mass is 392 g/mol. The number of amides is 1. The van der Waals surface area contributed by atoms with Crippen LogP contribution in [0.1, 0.15) is 18.5 Å². The molecule has 7 nitrogen and oxygen atoms in total. The molecule has 0 aromatic heterocycles. The van der Waals surface area contributed by atoms with Gasteiger partial charge in [0.25, 0.3) is 0 Å². The van der Waals surface area contributed by atoms with Crippen molar-refractivity contribution in [3.8, 4) is 11.5 Å². The normalized spacial score (nSPS) is 12.1. The number of nitrogens with zero attached hydrogens (tertiary/aromatic N) is 1.